The molecule has 0 bridgehead atoms. The molecular weight excluding hydrogens is 384 g/mol. The Morgan fingerprint density at radius 1 is 1.31 bits per heavy atom. The summed E-state index contributed by atoms with van der Waals surface area (Å²) in [5.74, 6) is -1.66. The summed E-state index contributed by atoms with van der Waals surface area (Å²) < 4.78 is 31.7. The second-order valence-corrected chi connectivity index (χ2v) is 7.56. The molecule has 8 nitrogen and oxygen atoms in total. The zero-order chi connectivity index (χ0) is 19.9. The van der Waals surface area contributed by atoms with Crippen LogP contribution in [0.25, 0.3) is 0 Å². The number of aliphatic hydroxyl groups is 1. The maximum Gasteiger partial charge on any atom is 0.327 e. The smallest absolute Gasteiger partial charge is 0.327 e. The molecule has 0 heterocycles. The third-order valence-corrected chi connectivity index (χ3v) is 4.93. The predicted molar refractivity (Wildman–Crippen MR) is 96.0 cm³/mol. The van der Waals surface area contributed by atoms with Crippen molar-refractivity contribution in [3.05, 3.63) is 41.9 Å². The number of carbonyl (C=O) groups excluding carboxylic acids is 2. The average Bonchev–Trinajstić information content (AvgIpc) is 2.57. The number of esters is 1. The van der Waals surface area contributed by atoms with Gasteiger partial charge in [-0.15, -0.1) is 6.58 Å². The molecule has 0 aliphatic rings. The van der Waals surface area contributed by atoms with Crippen molar-refractivity contribution in [1.82, 2.24) is 10.0 Å². The summed E-state index contributed by atoms with van der Waals surface area (Å²) in [6.45, 7) is 6.17. The molecular formula is C16H21ClN2O6S. The number of nitrogens with one attached hydrogen (secondary N) is 2. The normalized spacial score (nSPS) is 14.8. The van der Waals surface area contributed by atoms with Crippen LogP contribution < -0.4 is 10.0 Å². The molecule has 0 saturated heterocycles. The van der Waals surface area contributed by atoms with Gasteiger partial charge in [-0.1, -0.05) is 17.7 Å². The van der Waals surface area contributed by atoms with E-state index in [9.17, 15) is 23.1 Å². The lowest BCUT2D eigenvalue weighted by molar-refractivity contribution is -0.158. The summed E-state index contributed by atoms with van der Waals surface area (Å²) in [7, 11) is -4.12. The summed E-state index contributed by atoms with van der Waals surface area (Å²) in [5.41, 5.74) is 0. The number of carbonyl (C=O) groups is 2. The van der Waals surface area contributed by atoms with E-state index in [4.69, 9.17) is 16.3 Å². The first-order valence-electron chi connectivity index (χ1n) is 7.63. The molecule has 0 aliphatic heterocycles. The van der Waals surface area contributed by atoms with Crippen LogP contribution in [0.5, 0.6) is 0 Å². The van der Waals surface area contributed by atoms with Gasteiger partial charge in [0.2, 0.25) is 10.0 Å². The van der Waals surface area contributed by atoms with Crippen molar-refractivity contribution in [3.8, 4) is 0 Å². The molecule has 1 amide bonds. The first-order valence-corrected chi connectivity index (χ1v) is 9.49. The van der Waals surface area contributed by atoms with E-state index >= 15 is 0 Å². The van der Waals surface area contributed by atoms with Gasteiger partial charge in [-0.2, -0.15) is 4.72 Å². The third kappa shape index (κ3) is 6.41. The van der Waals surface area contributed by atoms with Gasteiger partial charge in [0.1, 0.15) is 6.04 Å². The molecule has 1 aromatic carbocycles. The van der Waals surface area contributed by atoms with Gasteiger partial charge in [0, 0.05) is 11.6 Å². The number of hydrogen-bond acceptors (Lipinski definition) is 6. The van der Waals surface area contributed by atoms with E-state index in [-0.39, 0.29) is 11.4 Å². The highest BCUT2D eigenvalue weighted by molar-refractivity contribution is 7.89. The molecule has 1 aromatic rings. The lowest BCUT2D eigenvalue weighted by atomic mass is 10.2. The van der Waals surface area contributed by atoms with Crippen LogP contribution in [0, 0.1) is 0 Å². The Bertz CT molecular complexity index is 749. The van der Waals surface area contributed by atoms with Crippen molar-refractivity contribution in [2.75, 3.05) is 6.54 Å². The number of sulfonamides is 1. The maximum atomic E-state index is 12.4. The highest BCUT2D eigenvalue weighted by Gasteiger charge is 2.32. The average molecular weight is 405 g/mol. The molecule has 3 atom stereocenters. The van der Waals surface area contributed by atoms with Gasteiger partial charge < -0.3 is 15.2 Å². The standard InChI is InChI=1S/C16H21ClN2O6S/c1-4-9-18-15(21)11(3)25-16(22)14(10(2)20)19-26(23,24)13-7-5-12(17)6-8-13/h4-8,10-11,14,19-20H,1,9H2,2-3H3,(H,18,21)/t10-,11-,14+/m0/s1. The van der Waals surface area contributed by atoms with Gasteiger partial charge in [-0.25, -0.2) is 8.42 Å². The zero-order valence-electron chi connectivity index (χ0n) is 14.3. The Balaban J connectivity index is 2.87. The van der Waals surface area contributed by atoms with Crippen molar-refractivity contribution in [2.45, 2.75) is 37.0 Å². The summed E-state index contributed by atoms with van der Waals surface area (Å²) in [4.78, 5) is 23.8. The summed E-state index contributed by atoms with van der Waals surface area (Å²) in [6.07, 6.45) is -1.12. The van der Waals surface area contributed by atoms with Crippen LogP contribution in [-0.2, 0) is 24.3 Å². The molecule has 0 radical (unpaired) electrons. The lowest BCUT2D eigenvalue weighted by Crippen LogP contribution is -2.50. The second-order valence-electron chi connectivity index (χ2n) is 5.41. The minimum atomic E-state index is -4.12. The van der Waals surface area contributed by atoms with Gasteiger partial charge in [-0.05, 0) is 38.1 Å². The molecule has 3 N–H and O–H groups in total. The number of ether oxygens (including phenoxy) is 1. The topological polar surface area (TPSA) is 122 Å². The minimum absolute atomic E-state index is 0.142. The monoisotopic (exact) mass is 404 g/mol. The first-order chi connectivity index (χ1) is 12.1. The molecule has 26 heavy (non-hydrogen) atoms. The van der Waals surface area contributed by atoms with Crippen LogP contribution in [0.15, 0.2) is 41.8 Å². The number of benzene rings is 1. The van der Waals surface area contributed by atoms with Crippen LogP contribution in [0.4, 0.5) is 0 Å². The van der Waals surface area contributed by atoms with Crippen LogP contribution in [0.1, 0.15) is 13.8 Å². The van der Waals surface area contributed by atoms with Crippen molar-refractivity contribution in [2.24, 2.45) is 0 Å². The Morgan fingerprint density at radius 3 is 2.38 bits per heavy atom. The van der Waals surface area contributed by atoms with Crippen LogP contribution in [-0.4, -0.2) is 50.2 Å². The fourth-order valence-electron chi connectivity index (χ4n) is 1.81. The first kappa shape index (κ1) is 22.1. The van der Waals surface area contributed by atoms with Gasteiger partial charge in [0.15, 0.2) is 6.10 Å². The Kier molecular flexibility index (Phi) is 8.22. The van der Waals surface area contributed by atoms with E-state index < -0.39 is 40.1 Å². The maximum absolute atomic E-state index is 12.4. The molecule has 10 heteroatoms. The molecule has 0 aromatic heterocycles. The van der Waals surface area contributed by atoms with Crippen molar-refractivity contribution < 1.29 is 27.9 Å². The van der Waals surface area contributed by atoms with Crippen molar-refractivity contribution in [1.29, 1.82) is 0 Å². The minimum Gasteiger partial charge on any atom is -0.451 e. The van der Waals surface area contributed by atoms with E-state index in [2.05, 4.69) is 16.6 Å². The molecule has 0 aliphatic carbocycles. The summed E-state index contributed by atoms with van der Waals surface area (Å²) >= 11 is 5.72. The van der Waals surface area contributed by atoms with Gasteiger partial charge in [0.05, 0.1) is 11.0 Å². The Labute approximate surface area is 157 Å². The number of amides is 1. The second kappa shape index (κ2) is 9.67. The molecule has 0 unspecified atom stereocenters. The van der Waals surface area contributed by atoms with Crippen molar-refractivity contribution >= 4 is 33.5 Å². The van der Waals surface area contributed by atoms with Crippen LogP contribution in [0.2, 0.25) is 5.02 Å². The van der Waals surface area contributed by atoms with Crippen molar-refractivity contribution in [3.63, 3.8) is 0 Å². The number of hydrogen-bond donors (Lipinski definition) is 3. The fraction of sp³-hybridized carbons (Fsp3) is 0.375. The van der Waals surface area contributed by atoms with E-state index in [0.717, 1.165) is 0 Å². The lowest BCUT2D eigenvalue weighted by Gasteiger charge is -2.22. The Morgan fingerprint density at radius 2 is 1.88 bits per heavy atom. The highest BCUT2D eigenvalue weighted by Crippen LogP contribution is 2.15. The van der Waals surface area contributed by atoms with E-state index in [1.165, 1.54) is 44.2 Å². The van der Waals surface area contributed by atoms with E-state index in [1.807, 2.05) is 0 Å². The van der Waals surface area contributed by atoms with E-state index in [0.29, 0.717) is 5.02 Å². The fourth-order valence-corrected chi connectivity index (χ4v) is 3.19. The molecule has 0 fully saturated rings. The highest BCUT2D eigenvalue weighted by atomic mass is 35.5. The van der Waals surface area contributed by atoms with Gasteiger partial charge >= 0.3 is 5.97 Å². The molecule has 1 rings (SSSR count). The SMILES string of the molecule is C=CCNC(=O)[C@H](C)OC(=O)[C@H](NS(=O)(=O)c1ccc(Cl)cc1)[C@H](C)O. The molecule has 144 valence electrons. The van der Waals surface area contributed by atoms with Crippen LogP contribution >= 0.6 is 11.6 Å². The quantitative estimate of drug-likeness (QED) is 0.409. The predicted octanol–water partition coefficient (Wildman–Crippen LogP) is 0.602. The number of rotatable bonds is 9. The third-order valence-electron chi connectivity index (χ3n) is 3.23. The van der Waals surface area contributed by atoms with E-state index in [1.54, 1.807) is 0 Å². The number of halogens is 1. The number of aliphatic hydroxyl groups excluding tert-OH is 1. The molecule has 0 spiro atoms. The van der Waals surface area contributed by atoms with Crippen LogP contribution in [0.3, 0.4) is 0 Å². The Hall–Kier alpha value is -1.94. The summed E-state index contributed by atoms with van der Waals surface area (Å²) in [5, 5.41) is 12.5. The largest absolute Gasteiger partial charge is 0.451 e. The zero-order valence-corrected chi connectivity index (χ0v) is 15.9. The van der Waals surface area contributed by atoms with Gasteiger partial charge in [-0.3, -0.25) is 9.59 Å². The summed E-state index contributed by atoms with van der Waals surface area (Å²) in [6, 6.07) is 3.65. The molecule has 0 saturated carbocycles. The van der Waals surface area contributed by atoms with Gasteiger partial charge in [0.25, 0.3) is 5.91 Å².